The Balaban J connectivity index is 2.04. The van der Waals surface area contributed by atoms with E-state index < -0.39 is 0 Å². The Morgan fingerprint density at radius 2 is 2.15 bits per heavy atom. The Labute approximate surface area is 124 Å². The van der Waals surface area contributed by atoms with Crippen LogP contribution in [0.2, 0.25) is 0 Å². The molecule has 0 atom stereocenters. The molecule has 0 unspecified atom stereocenters. The molecule has 0 fully saturated rings. The largest absolute Gasteiger partial charge is 0.473 e. The Kier molecular flexibility index (Phi) is 3.21. The van der Waals surface area contributed by atoms with Gasteiger partial charge in [-0.25, -0.2) is 0 Å². The zero-order chi connectivity index (χ0) is 14.3. The van der Waals surface area contributed by atoms with Crippen molar-refractivity contribution in [2.45, 2.75) is 6.92 Å². The highest BCUT2D eigenvalue weighted by molar-refractivity contribution is 9.10. The number of anilines is 1. The lowest BCUT2D eigenvalue weighted by atomic mass is 10.1. The minimum Gasteiger partial charge on any atom is -0.473 e. The molecule has 0 aliphatic carbocycles. The first-order valence-corrected chi connectivity index (χ1v) is 6.97. The summed E-state index contributed by atoms with van der Waals surface area (Å²) in [6.07, 6.45) is 0. The van der Waals surface area contributed by atoms with Gasteiger partial charge >= 0.3 is 0 Å². The number of aryl methyl sites for hydroxylation is 2. The van der Waals surface area contributed by atoms with Gasteiger partial charge < -0.3 is 9.64 Å². The molecule has 20 heavy (non-hydrogen) atoms. The van der Waals surface area contributed by atoms with Gasteiger partial charge in [0.1, 0.15) is 6.61 Å². The first-order valence-electron chi connectivity index (χ1n) is 6.18. The van der Waals surface area contributed by atoms with E-state index in [0.717, 1.165) is 15.7 Å². The molecule has 7 heteroatoms. The lowest BCUT2D eigenvalue weighted by Gasteiger charge is -2.21. The topological polar surface area (TPSA) is 60.2 Å². The zero-order valence-corrected chi connectivity index (χ0v) is 12.7. The number of halogens is 1. The summed E-state index contributed by atoms with van der Waals surface area (Å²) in [7, 11) is 1.67. The van der Waals surface area contributed by atoms with Crippen LogP contribution in [0.1, 0.15) is 16.1 Å². The van der Waals surface area contributed by atoms with Crippen molar-refractivity contribution in [1.82, 2.24) is 15.0 Å². The molecule has 1 aromatic heterocycles. The summed E-state index contributed by atoms with van der Waals surface area (Å²) in [5, 5.41) is 8.15. The first kappa shape index (κ1) is 13.1. The third kappa shape index (κ3) is 2.18. The fourth-order valence-corrected chi connectivity index (χ4v) is 2.71. The summed E-state index contributed by atoms with van der Waals surface area (Å²) < 4.78 is 6.47. The van der Waals surface area contributed by atoms with Gasteiger partial charge in [-0.1, -0.05) is 15.9 Å². The summed E-state index contributed by atoms with van der Waals surface area (Å²) in [5.41, 5.74) is 2.13. The van der Waals surface area contributed by atoms with Crippen molar-refractivity contribution >= 4 is 27.5 Å². The monoisotopic (exact) mass is 336 g/mol. The molecule has 1 aliphatic rings. The van der Waals surface area contributed by atoms with Crippen LogP contribution < -0.4 is 9.64 Å². The molecule has 0 bridgehead atoms. The molecule has 1 aromatic carbocycles. The molecular weight excluding hydrogens is 324 g/mol. The molecule has 1 amide bonds. The van der Waals surface area contributed by atoms with E-state index in [1.54, 1.807) is 11.9 Å². The molecule has 3 rings (SSSR count). The summed E-state index contributed by atoms with van der Waals surface area (Å²) in [5.74, 6) is 0.116. The van der Waals surface area contributed by atoms with Crippen LogP contribution >= 0.6 is 15.9 Å². The van der Waals surface area contributed by atoms with E-state index in [4.69, 9.17) is 4.74 Å². The number of carbonyl (C=O) groups is 1. The van der Waals surface area contributed by atoms with Crippen molar-refractivity contribution in [3.63, 3.8) is 0 Å². The van der Waals surface area contributed by atoms with Gasteiger partial charge in [0.25, 0.3) is 11.8 Å². The van der Waals surface area contributed by atoms with Crippen LogP contribution in [0, 0.1) is 6.92 Å². The lowest BCUT2D eigenvalue weighted by Crippen LogP contribution is -2.33. The highest BCUT2D eigenvalue weighted by atomic mass is 79.9. The number of carbonyl (C=O) groups excluding carboxylic acids is 1. The highest BCUT2D eigenvalue weighted by Gasteiger charge is 2.29. The van der Waals surface area contributed by atoms with Crippen molar-refractivity contribution in [3.05, 3.63) is 33.9 Å². The zero-order valence-electron chi connectivity index (χ0n) is 11.1. The van der Waals surface area contributed by atoms with Crippen LogP contribution in [0.15, 0.2) is 22.7 Å². The fraction of sp³-hybridized carbons (Fsp3) is 0.308. The summed E-state index contributed by atoms with van der Waals surface area (Å²) in [6.45, 7) is 2.84. The number of hydrogen-bond donors (Lipinski definition) is 0. The second-order valence-corrected chi connectivity index (χ2v) is 5.49. The maximum absolute atomic E-state index is 12.6. The van der Waals surface area contributed by atoms with Gasteiger partial charge in [0.15, 0.2) is 0 Å². The van der Waals surface area contributed by atoms with Crippen LogP contribution in [0.5, 0.6) is 5.88 Å². The Hall–Kier alpha value is -1.89. The van der Waals surface area contributed by atoms with Crippen molar-refractivity contribution in [1.29, 1.82) is 0 Å². The van der Waals surface area contributed by atoms with Gasteiger partial charge in [-0.3, -0.25) is 4.79 Å². The van der Waals surface area contributed by atoms with Crippen LogP contribution in [0.25, 0.3) is 0 Å². The lowest BCUT2D eigenvalue weighted by molar-refractivity contribution is 0.0984. The number of aromatic nitrogens is 3. The van der Waals surface area contributed by atoms with E-state index in [0.29, 0.717) is 19.0 Å². The van der Waals surface area contributed by atoms with E-state index in [9.17, 15) is 4.79 Å². The van der Waals surface area contributed by atoms with E-state index in [2.05, 4.69) is 26.1 Å². The number of fused-ring (bicyclic) bond motifs is 1. The average Bonchev–Trinajstić information content (AvgIpc) is 2.70. The Bertz CT molecular complexity index is 683. The average molecular weight is 337 g/mol. The Morgan fingerprint density at radius 3 is 2.90 bits per heavy atom. The molecule has 104 valence electrons. The molecule has 2 aromatic rings. The maximum Gasteiger partial charge on any atom is 0.284 e. The van der Waals surface area contributed by atoms with E-state index in [1.807, 2.05) is 25.1 Å². The molecule has 0 spiro atoms. The van der Waals surface area contributed by atoms with Crippen LogP contribution in [0.4, 0.5) is 5.69 Å². The van der Waals surface area contributed by atoms with E-state index in [-0.39, 0.29) is 11.6 Å². The number of rotatable bonds is 1. The van der Waals surface area contributed by atoms with Gasteiger partial charge in [-0.05, 0) is 30.7 Å². The second kappa shape index (κ2) is 4.90. The fourth-order valence-electron chi connectivity index (χ4n) is 2.23. The normalized spacial score (nSPS) is 14.8. The number of nitrogens with zero attached hydrogens (tertiary/aromatic N) is 4. The third-order valence-electron chi connectivity index (χ3n) is 3.13. The molecular formula is C13H13BrN4O2. The van der Waals surface area contributed by atoms with Crippen molar-refractivity contribution < 1.29 is 9.53 Å². The molecule has 6 nitrogen and oxygen atoms in total. The standard InChI is InChI=1S/C13H13BrN4O2/c1-8-7-9(14)3-4-10(8)18-5-6-20-12-11(13(18)19)15-17(2)16-12/h3-4,7H,5-6H2,1-2H3. The summed E-state index contributed by atoms with van der Waals surface area (Å²) in [4.78, 5) is 15.6. The van der Waals surface area contributed by atoms with Crippen LogP contribution in [0.3, 0.4) is 0 Å². The van der Waals surface area contributed by atoms with E-state index >= 15 is 0 Å². The molecule has 2 heterocycles. The van der Waals surface area contributed by atoms with Crippen molar-refractivity contribution in [2.24, 2.45) is 7.05 Å². The second-order valence-electron chi connectivity index (χ2n) is 4.58. The molecule has 0 N–H and O–H groups in total. The van der Waals surface area contributed by atoms with Gasteiger partial charge in [-0.15, -0.1) is 10.2 Å². The molecule has 0 saturated carbocycles. The SMILES string of the molecule is Cc1cc(Br)ccc1N1CCOc2nn(C)nc2C1=O. The Morgan fingerprint density at radius 1 is 1.35 bits per heavy atom. The first-order chi connectivity index (χ1) is 9.56. The van der Waals surface area contributed by atoms with Gasteiger partial charge in [0.05, 0.1) is 6.54 Å². The van der Waals surface area contributed by atoms with Crippen molar-refractivity contribution in [2.75, 3.05) is 18.1 Å². The van der Waals surface area contributed by atoms with Crippen LogP contribution in [-0.4, -0.2) is 34.1 Å². The van der Waals surface area contributed by atoms with E-state index in [1.165, 1.54) is 4.80 Å². The smallest absolute Gasteiger partial charge is 0.284 e. The van der Waals surface area contributed by atoms with Gasteiger partial charge in [-0.2, -0.15) is 4.80 Å². The molecule has 0 saturated heterocycles. The van der Waals surface area contributed by atoms with Gasteiger partial charge in [0, 0.05) is 17.2 Å². The highest BCUT2D eigenvalue weighted by Crippen LogP contribution is 2.27. The molecule has 1 aliphatic heterocycles. The maximum atomic E-state index is 12.6. The summed E-state index contributed by atoms with van der Waals surface area (Å²) in [6, 6.07) is 5.81. The number of benzene rings is 1. The predicted octanol–water partition coefficient (Wildman–Crippen LogP) is 1.93. The van der Waals surface area contributed by atoms with Crippen molar-refractivity contribution in [3.8, 4) is 5.88 Å². The minimum absolute atomic E-state index is 0.184. The number of ether oxygens (including phenoxy) is 1. The third-order valence-corrected chi connectivity index (χ3v) is 3.63. The van der Waals surface area contributed by atoms with Gasteiger partial charge in [0.2, 0.25) is 5.69 Å². The number of hydrogen-bond acceptors (Lipinski definition) is 4. The molecule has 0 radical (unpaired) electrons. The predicted molar refractivity (Wildman–Crippen MR) is 77.1 cm³/mol. The summed E-state index contributed by atoms with van der Waals surface area (Å²) >= 11 is 3.43. The number of amides is 1. The quantitative estimate of drug-likeness (QED) is 0.798. The van der Waals surface area contributed by atoms with Crippen LogP contribution in [-0.2, 0) is 7.05 Å². The minimum atomic E-state index is -0.184.